The quantitative estimate of drug-likeness (QED) is 0.449. The molecule has 0 N–H and O–H groups in total. The van der Waals surface area contributed by atoms with Crippen molar-refractivity contribution < 1.29 is 28.6 Å². The minimum absolute atomic E-state index is 0.211. The number of rotatable bonds is 3. The topological polar surface area (TPSA) is 104 Å². The van der Waals surface area contributed by atoms with E-state index in [1.54, 1.807) is 34.6 Å². The average molecular weight is 290 g/mol. The zero-order valence-corrected chi connectivity index (χ0v) is 12.7. The van der Waals surface area contributed by atoms with Crippen LogP contribution in [0.2, 0.25) is 0 Å². The fourth-order valence-corrected chi connectivity index (χ4v) is 0.735. The van der Waals surface area contributed by atoms with E-state index in [0.29, 0.717) is 6.61 Å². The number of esters is 1. The molecule has 0 aromatic carbocycles. The van der Waals surface area contributed by atoms with E-state index in [1.807, 2.05) is 0 Å². The van der Waals surface area contributed by atoms with Gasteiger partial charge in [0, 0.05) is 6.92 Å². The lowest BCUT2D eigenvalue weighted by molar-refractivity contribution is -0.140. The number of hydrogen-bond donors (Lipinski definition) is 0. The fraction of sp³-hybridized carbons (Fsp3) is 0.750. The maximum atomic E-state index is 10.8. The first-order valence-electron chi connectivity index (χ1n) is 6.15. The molecular weight excluding hydrogens is 268 g/mol. The third kappa shape index (κ3) is 18.4. The van der Waals surface area contributed by atoms with Crippen LogP contribution in [-0.2, 0) is 19.0 Å². The number of carbonyl (C=O) groups is 3. The molecule has 8 heteroatoms. The summed E-state index contributed by atoms with van der Waals surface area (Å²) in [5, 5.41) is 6.01. The van der Waals surface area contributed by atoms with Gasteiger partial charge in [-0.15, -0.1) is 0 Å². The van der Waals surface area contributed by atoms with Crippen molar-refractivity contribution in [2.24, 2.45) is 10.2 Å². The molecule has 0 aliphatic heterocycles. The predicted molar refractivity (Wildman–Crippen MR) is 70.4 cm³/mol. The third-order valence-electron chi connectivity index (χ3n) is 1.23. The Bertz CT molecular complexity index is 315. The number of carbonyl (C=O) groups excluding carboxylic acids is 3. The van der Waals surface area contributed by atoms with Crippen LogP contribution in [-0.4, -0.2) is 37.0 Å². The Labute approximate surface area is 118 Å². The molecule has 0 aliphatic carbocycles. The highest BCUT2D eigenvalue weighted by molar-refractivity contribution is 5.73. The normalized spacial score (nSPS) is 10.0. The van der Waals surface area contributed by atoms with E-state index >= 15 is 0 Å². The Kier molecular flexibility index (Phi) is 12.3. The Morgan fingerprint density at radius 2 is 1.25 bits per heavy atom. The van der Waals surface area contributed by atoms with Crippen molar-refractivity contribution in [3.05, 3.63) is 0 Å². The molecule has 0 radical (unpaired) electrons. The lowest BCUT2D eigenvalue weighted by Gasteiger charge is -2.03. The highest BCUT2D eigenvalue weighted by Gasteiger charge is 2.06. The molecule has 0 fully saturated rings. The van der Waals surface area contributed by atoms with Gasteiger partial charge in [-0.25, -0.2) is 9.59 Å². The molecule has 2 amide bonds. The second kappa shape index (κ2) is 12.1. The summed E-state index contributed by atoms with van der Waals surface area (Å²) >= 11 is 0. The highest BCUT2D eigenvalue weighted by Crippen LogP contribution is 1.96. The van der Waals surface area contributed by atoms with Crippen LogP contribution in [0.15, 0.2) is 10.2 Å². The molecular formula is C12H22N2O6. The Morgan fingerprint density at radius 1 is 0.900 bits per heavy atom. The summed E-state index contributed by atoms with van der Waals surface area (Å²) in [5.41, 5.74) is 0. The summed E-state index contributed by atoms with van der Waals surface area (Å²) in [4.78, 5) is 31.3. The Morgan fingerprint density at radius 3 is 1.40 bits per heavy atom. The predicted octanol–water partition coefficient (Wildman–Crippen LogP) is 3.10. The zero-order valence-electron chi connectivity index (χ0n) is 12.7. The van der Waals surface area contributed by atoms with Crippen molar-refractivity contribution in [3.8, 4) is 0 Å². The van der Waals surface area contributed by atoms with Crippen LogP contribution >= 0.6 is 0 Å². The molecule has 0 atom stereocenters. The van der Waals surface area contributed by atoms with Crippen molar-refractivity contribution in [1.82, 2.24) is 0 Å². The van der Waals surface area contributed by atoms with Gasteiger partial charge in [0.1, 0.15) is 0 Å². The van der Waals surface area contributed by atoms with E-state index in [0.717, 1.165) is 0 Å². The van der Waals surface area contributed by atoms with Crippen molar-refractivity contribution in [2.75, 3.05) is 6.61 Å². The number of amides is 2. The maximum absolute atomic E-state index is 10.8. The second-order valence-electron chi connectivity index (χ2n) is 3.99. The van der Waals surface area contributed by atoms with Gasteiger partial charge in [-0.2, -0.15) is 0 Å². The van der Waals surface area contributed by atoms with E-state index in [2.05, 4.69) is 24.4 Å². The van der Waals surface area contributed by atoms with Gasteiger partial charge in [-0.1, -0.05) is 10.2 Å². The van der Waals surface area contributed by atoms with E-state index in [9.17, 15) is 14.4 Å². The highest BCUT2D eigenvalue weighted by atomic mass is 16.6. The van der Waals surface area contributed by atoms with E-state index in [4.69, 9.17) is 0 Å². The molecule has 20 heavy (non-hydrogen) atoms. The van der Waals surface area contributed by atoms with Gasteiger partial charge in [-0.05, 0) is 34.6 Å². The number of ether oxygens (including phenoxy) is 3. The van der Waals surface area contributed by atoms with Crippen LogP contribution < -0.4 is 0 Å². The smallest absolute Gasteiger partial charge is 0.452 e. The Balaban J connectivity index is 0. The summed E-state index contributed by atoms with van der Waals surface area (Å²) in [6, 6.07) is 0. The first-order chi connectivity index (χ1) is 9.18. The summed E-state index contributed by atoms with van der Waals surface area (Å²) in [6.45, 7) is 10.3. The van der Waals surface area contributed by atoms with Crippen LogP contribution in [0.25, 0.3) is 0 Å². The maximum Gasteiger partial charge on any atom is 0.452 e. The van der Waals surface area contributed by atoms with Crippen molar-refractivity contribution in [2.45, 2.75) is 53.8 Å². The largest absolute Gasteiger partial charge is 0.466 e. The molecule has 0 heterocycles. The molecule has 0 saturated heterocycles. The average Bonchev–Trinajstić information content (AvgIpc) is 2.25. The molecule has 0 bridgehead atoms. The minimum Gasteiger partial charge on any atom is -0.466 e. The fourth-order valence-electron chi connectivity index (χ4n) is 0.735. The van der Waals surface area contributed by atoms with E-state index in [-0.39, 0.29) is 18.2 Å². The third-order valence-corrected chi connectivity index (χ3v) is 1.23. The van der Waals surface area contributed by atoms with Crippen LogP contribution in [0, 0.1) is 0 Å². The monoisotopic (exact) mass is 290 g/mol. The van der Waals surface area contributed by atoms with E-state index < -0.39 is 12.2 Å². The summed E-state index contributed by atoms with van der Waals surface area (Å²) in [5.74, 6) is -0.211. The first-order valence-corrected chi connectivity index (χ1v) is 6.15. The molecule has 0 aliphatic rings. The van der Waals surface area contributed by atoms with Crippen LogP contribution in [0.4, 0.5) is 9.59 Å². The van der Waals surface area contributed by atoms with Gasteiger partial charge >= 0.3 is 18.2 Å². The Hall–Kier alpha value is -1.99. The number of azo groups is 1. The van der Waals surface area contributed by atoms with Gasteiger partial charge < -0.3 is 14.2 Å². The number of nitrogens with zero attached hydrogens (tertiary/aromatic N) is 2. The summed E-state index contributed by atoms with van der Waals surface area (Å²) in [7, 11) is 0. The molecule has 8 nitrogen and oxygen atoms in total. The second-order valence-corrected chi connectivity index (χ2v) is 3.99. The lowest BCUT2D eigenvalue weighted by Crippen LogP contribution is -2.09. The molecule has 116 valence electrons. The van der Waals surface area contributed by atoms with Crippen molar-refractivity contribution in [3.63, 3.8) is 0 Å². The molecule has 0 unspecified atom stereocenters. The molecule has 0 spiro atoms. The SMILES string of the molecule is CC(C)OC(=O)N=NC(=O)OC(C)C.CCOC(C)=O. The van der Waals surface area contributed by atoms with Gasteiger partial charge in [0.25, 0.3) is 0 Å². The van der Waals surface area contributed by atoms with Gasteiger partial charge in [0.15, 0.2) is 0 Å². The molecule has 0 aromatic heterocycles. The standard InChI is InChI=1S/C8H14N2O4.C4H8O2/c1-5(2)13-7(11)9-10-8(12)14-6(3)4;1-3-6-4(2)5/h5-6H,1-4H3;3H2,1-2H3. The zero-order chi connectivity index (χ0) is 16.1. The van der Waals surface area contributed by atoms with Gasteiger partial charge in [-0.3, -0.25) is 4.79 Å². The first kappa shape index (κ1) is 20.3. The molecule has 0 rings (SSSR count). The van der Waals surface area contributed by atoms with Crippen LogP contribution in [0.5, 0.6) is 0 Å². The minimum atomic E-state index is -0.902. The van der Waals surface area contributed by atoms with Crippen LogP contribution in [0.1, 0.15) is 41.5 Å². The lowest BCUT2D eigenvalue weighted by atomic mass is 10.5. The number of hydrogen-bond acceptors (Lipinski definition) is 6. The van der Waals surface area contributed by atoms with Gasteiger partial charge in [0.05, 0.1) is 18.8 Å². The summed E-state index contributed by atoms with van der Waals surface area (Å²) < 4.78 is 13.6. The van der Waals surface area contributed by atoms with Crippen molar-refractivity contribution in [1.29, 1.82) is 0 Å². The van der Waals surface area contributed by atoms with Crippen molar-refractivity contribution >= 4 is 18.2 Å². The summed E-state index contributed by atoms with van der Waals surface area (Å²) in [6.07, 6.45) is -2.38. The van der Waals surface area contributed by atoms with Gasteiger partial charge in [0.2, 0.25) is 0 Å². The molecule has 0 aromatic rings. The van der Waals surface area contributed by atoms with Crippen LogP contribution in [0.3, 0.4) is 0 Å². The molecule has 0 saturated carbocycles. The van der Waals surface area contributed by atoms with E-state index in [1.165, 1.54) is 6.92 Å².